The second kappa shape index (κ2) is 5.65. The molecule has 112 valence electrons. The molecule has 1 aliphatic carbocycles. The fraction of sp³-hybridized carbons (Fsp3) is 0.385. The van der Waals surface area contributed by atoms with Gasteiger partial charge in [0.15, 0.2) is 12.4 Å². The molecule has 1 saturated carbocycles. The highest BCUT2D eigenvalue weighted by Gasteiger charge is 2.39. The highest BCUT2D eigenvalue weighted by molar-refractivity contribution is 6.43. The monoisotopic (exact) mass is 347 g/mol. The molecule has 0 amide bonds. The summed E-state index contributed by atoms with van der Waals surface area (Å²) in [5.41, 5.74) is 5.67. The minimum atomic E-state index is -0.455. The maximum absolute atomic E-state index is 6.13. The van der Waals surface area contributed by atoms with Crippen LogP contribution < -0.4 is 10.5 Å². The lowest BCUT2D eigenvalue weighted by Gasteiger charge is -2.34. The van der Waals surface area contributed by atoms with Gasteiger partial charge in [0.1, 0.15) is 5.75 Å². The van der Waals surface area contributed by atoms with Crippen molar-refractivity contribution in [1.29, 1.82) is 0 Å². The maximum atomic E-state index is 6.13. The molecule has 1 fully saturated rings. The number of halogens is 3. The zero-order valence-corrected chi connectivity index (χ0v) is 13.2. The van der Waals surface area contributed by atoms with Crippen LogP contribution in [0, 0.1) is 0 Å². The van der Waals surface area contributed by atoms with Gasteiger partial charge >= 0.3 is 0 Å². The van der Waals surface area contributed by atoms with Gasteiger partial charge < -0.3 is 15.0 Å². The summed E-state index contributed by atoms with van der Waals surface area (Å²) in [6.45, 7) is 0.0841. The van der Waals surface area contributed by atoms with Crippen molar-refractivity contribution in [2.45, 2.75) is 31.4 Å². The molecule has 0 spiro atoms. The molecule has 0 bridgehead atoms. The van der Waals surface area contributed by atoms with Crippen LogP contribution in [0.4, 0.5) is 0 Å². The third kappa shape index (κ3) is 2.97. The molecule has 0 atom stereocenters. The average Bonchev–Trinajstić information content (AvgIpc) is 2.88. The van der Waals surface area contributed by atoms with E-state index in [1.54, 1.807) is 6.07 Å². The second-order valence-corrected chi connectivity index (χ2v) is 6.23. The van der Waals surface area contributed by atoms with Crippen LogP contribution in [0.15, 0.2) is 16.7 Å². The van der Waals surface area contributed by atoms with Crippen molar-refractivity contribution in [2.75, 3.05) is 0 Å². The molecule has 5 nitrogen and oxygen atoms in total. The van der Waals surface area contributed by atoms with Gasteiger partial charge in [-0.3, -0.25) is 0 Å². The van der Waals surface area contributed by atoms with E-state index in [0.717, 1.165) is 19.3 Å². The van der Waals surface area contributed by atoms with Crippen molar-refractivity contribution in [1.82, 2.24) is 10.1 Å². The van der Waals surface area contributed by atoms with Crippen LogP contribution in [0.2, 0.25) is 15.1 Å². The number of ether oxygens (including phenoxy) is 1. The topological polar surface area (TPSA) is 74.2 Å². The van der Waals surface area contributed by atoms with E-state index < -0.39 is 5.54 Å². The Labute approximate surface area is 136 Å². The van der Waals surface area contributed by atoms with Crippen LogP contribution in [0.5, 0.6) is 5.75 Å². The predicted octanol–water partition coefficient (Wildman–Crippen LogP) is 3.95. The summed E-state index contributed by atoms with van der Waals surface area (Å²) in [5, 5.41) is 4.99. The van der Waals surface area contributed by atoms with Crippen LogP contribution >= 0.6 is 34.8 Å². The van der Waals surface area contributed by atoms with Crippen molar-refractivity contribution < 1.29 is 9.26 Å². The Balaban J connectivity index is 1.69. The number of benzene rings is 1. The average molecular weight is 349 g/mol. The predicted molar refractivity (Wildman–Crippen MR) is 79.8 cm³/mol. The van der Waals surface area contributed by atoms with Gasteiger partial charge in [-0.2, -0.15) is 4.98 Å². The molecule has 1 aromatic carbocycles. The summed E-state index contributed by atoms with van der Waals surface area (Å²) in [7, 11) is 0. The van der Waals surface area contributed by atoms with Crippen LogP contribution in [-0.2, 0) is 12.1 Å². The first-order valence-corrected chi connectivity index (χ1v) is 7.51. The first-order valence-electron chi connectivity index (χ1n) is 6.37. The zero-order valence-electron chi connectivity index (χ0n) is 10.9. The number of rotatable bonds is 4. The largest absolute Gasteiger partial charge is 0.482 e. The van der Waals surface area contributed by atoms with Crippen LogP contribution in [-0.4, -0.2) is 10.1 Å². The van der Waals surface area contributed by atoms with Crippen LogP contribution in [0.3, 0.4) is 0 Å². The molecule has 1 heterocycles. The van der Waals surface area contributed by atoms with Gasteiger partial charge in [0.05, 0.1) is 20.6 Å². The summed E-state index contributed by atoms with van der Waals surface area (Å²) < 4.78 is 10.7. The minimum absolute atomic E-state index is 0.0841. The number of aromatic nitrogens is 2. The van der Waals surface area contributed by atoms with E-state index in [-0.39, 0.29) is 6.61 Å². The lowest BCUT2D eigenvalue weighted by Crippen LogP contribution is -2.44. The quantitative estimate of drug-likeness (QED) is 0.847. The van der Waals surface area contributed by atoms with Crippen molar-refractivity contribution in [3.05, 3.63) is 38.9 Å². The Hall–Kier alpha value is -1.01. The van der Waals surface area contributed by atoms with Crippen molar-refractivity contribution in [3.63, 3.8) is 0 Å². The summed E-state index contributed by atoms with van der Waals surface area (Å²) in [4.78, 5) is 4.26. The van der Waals surface area contributed by atoms with Gasteiger partial charge in [-0.1, -0.05) is 40.0 Å². The fourth-order valence-electron chi connectivity index (χ4n) is 2.05. The SMILES string of the molecule is NC1(c2noc(COc3cc(Cl)c(Cl)cc3Cl)n2)CCC1. The van der Waals surface area contributed by atoms with Crippen molar-refractivity contribution in [3.8, 4) is 5.75 Å². The van der Waals surface area contributed by atoms with Gasteiger partial charge in [-0.15, -0.1) is 0 Å². The van der Waals surface area contributed by atoms with Gasteiger partial charge in [-0.05, 0) is 25.3 Å². The molecule has 8 heteroatoms. The van der Waals surface area contributed by atoms with Gasteiger partial charge in [0.25, 0.3) is 5.89 Å². The molecule has 1 aromatic heterocycles. The molecular formula is C13H12Cl3N3O2. The standard InChI is InChI=1S/C13H12Cl3N3O2/c14-7-4-9(16)10(5-8(7)15)20-6-11-18-12(19-21-11)13(17)2-1-3-13/h4-5H,1-3,6,17H2. The molecule has 0 radical (unpaired) electrons. The van der Waals surface area contributed by atoms with Gasteiger partial charge in [-0.25, -0.2) is 0 Å². The molecule has 2 N–H and O–H groups in total. The van der Waals surface area contributed by atoms with E-state index in [1.807, 2.05) is 0 Å². The number of hydrogen-bond acceptors (Lipinski definition) is 5. The third-order valence-corrected chi connectivity index (χ3v) is 4.50. The molecular weight excluding hydrogens is 337 g/mol. The highest BCUT2D eigenvalue weighted by atomic mass is 35.5. The smallest absolute Gasteiger partial charge is 0.264 e. The van der Waals surface area contributed by atoms with E-state index in [9.17, 15) is 0 Å². The fourth-order valence-corrected chi connectivity index (χ4v) is 2.64. The highest BCUT2D eigenvalue weighted by Crippen LogP contribution is 2.37. The normalized spacial score (nSPS) is 16.6. The third-order valence-electron chi connectivity index (χ3n) is 3.49. The lowest BCUT2D eigenvalue weighted by atomic mass is 9.77. The van der Waals surface area contributed by atoms with Crippen molar-refractivity contribution >= 4 is 34.8 Å². The van der Waals surface area contributed by atoms with Crippen molar-refractivity contribution in [2.24, 2.45) is 5.73 Å². The van der Waals surface area contributed by atoms with E-state index in [1.165, 1.54) is 6.07 Å². The maximum Gasteiger partial charge on any atom is 0.264 e. The first kappa shape index (κ1) is 14.9. The zero-order chi connectivity index (χ0) is 15.0. The molecule has 2 aromatic rings. The second-order valence-electron chi connectivity index (χ2n) is 5.01. The number of hydrogen-bond donors (Lipinski definition) is 1. The van der Waals surface area contributed by atoms with Gasteiger partial charge in [0.2, 0.25) is 0 Å². The van der Waals surface area contributed by atoms with Gasteiger partial charge in [0, 0.05) is 6.07 Å². The summed E-state index contributed by atoms with van der Waals surface area (Å²) >= 11 is 17.8. The molecule has 0 aliphatic heterocycles. The Morgan fingerprint density at radius 1 is 1.19 bits per heavy atom. The first-order chi connectivity index (χ1) is 9.98. The summed E-state index contributed by atoms with van der Waals surface area (Å²) in [6.07, 6.45) is 2.81. The number of nitrogens with zero attached hydrogens (tertiary/aromatic N) is 2. The summed E-state index contributed by atoms with van der Waals surface area (Å²) in [6, 6.07) is 3.06. The number of nitrogens with two attached hydrogens (primary N) is 1. The Kier molecular flexibility index (Phi) is 4.01. The van der Waals surface area contributed by atoms with Crippen LogP contribution in [0.25, 0.3) is 0 Å². The minimum Gasteiger partial charge on any atom is -0.482 e. The molecule has 0 saturated heterocycles. The van der Waals surface area contributed by atoms with E-state index in [2.05, 4.69) is 10.1 Å². The van der Waals surface area contributed by atoms with E-state index >= 15 is 0 Å². The molecule has 3 rings (SSSR count). The van der Waals surface area contributed by atoms with E-state index in [0.29, 0.717) is 32.5 Å². The summed E-state index contributed by atoms with van der Waals surface area (Å²) in [5.74, 6) is 1.26. The van der Waals surface area contributed by atoms with E-state index in [4.69, 9.17) is 49.8 Å². The lowest BCUT2D eigenvalue weighted by molar-refractivity contribution is 0.223. The Morgan fingerprint density at radius 3 is 2.57 bits per heavy atom. The molecule has 21 heavy (non-hydrogen) atoms. The van der Waals surface area contributed by atoms with Crippen LogP contribution in [0.1, 0.15) is 31.0 Å². The molecule has 0 unspecified atom stereocenters. The molecule has 1 aliphatic rings. The Morgan fingerprint density at radius 2 is 1.90 bits per heavy atom. The Bertz CT molecular complexity index is 671.